The minimum absolute atomic E-state index is 0.0621. The van der Waals surface area contributed by atoms with E-state index >= 15 is 0 Å². The lowest BCUT2D eigenvalue weighted by molar-refractivity contribution is 0.414. The summed E-state index contributed by atoms with van der Waals surface area (Å²) in [5, 5.41) is 4.16. The first-order valence-electron chi connectivity index (χ1n) is 5.80. The van der Waals surface area contributed by atoms with Crippen LogP contribution in [0.3, 0.4) is 0 Å². The van der Waals surface area contributed by atoms with E-state index in [0.29, 0.717) is 0 Å². The van der Waals surface area contributed by atoms with E-state index in [1.165, 1.54) is 5.56 Å². The van der Waals surface area contributed by atoms with Gasteiger partial charge in [0.25, 0.3) is 0 Å². The number of nitrogens with zero attached hydrogens (tertiary/aromatic N) is 2. The number of rotatable bonds is 5. The van der Waals surface area contributed by atoms with Gasteiger partial charge in [-0.15, -0.1) is 0 Å². The van der Waals surface area contributed by atoms with Gasteiger partial charge in [-0.05, 0) is 24.1 Å². The highest BCUT2D eigenvalue weighted by molar-refractivity contribution is 5.28. The summed E-state index contributed by atoms with van der Waals surface area (Å²) >= 11 is 0. The molecule has 5 nitrogen and oxygen atoms in total. The van der Waals surface area contributed by atoms with E-state index in [9.17, 15) is 0 Å². The van der Waals surface area contributed by atoms with E-state index in [1.807, 2.05) is 43.7 Å². The second-order valence-electron chi connectivity index (χ2n) is 4.22. The van der Waals surface area contributed by atoms with Crippen molar-refractivity contribution < 1.29 is 4.74 Å². The second-order valence-corrected chi connectivity index (χ2v) is 4.22. The molecular formula is C13H18N4O. The number of nitrogens with one attached hydrogen (secondary N) is 1. The van der Waals surface area contributed by atoms with Crippen LogP contribution in [0.15, 0.2) is 36.7 Å². The maximum absolute atomic E-state index is 5.61. The standard InChI is InChI=1S/C13H18N4O/c1-17-9-11(8-15-17)13(16-14)7-10-3-5-12(18-2)6-4-10/h3-6,8-9,13,16H,7,14H2,1-2H3. The van der Waals surface area contributed by atoms with E-state index < -0.39 is 0 Å². The molecule has 0 amide bonds. The Kier molecular flexibility index (Phi) is 3.96. The SMILES string of the molecule is COc1ccc(CC(NN)c2cnn(C)c2)cc1. The highest BCUT2D eigenvalue weighted by atomic mass is 16.5. The highest BCUT2D eigenvalue weighted by Gasteiger charge is 2.12. The largest absolute Gasteiger partial charge is 0.497 e. The fraction of sp³-hybridized carbons (Fsp3) is 0.308. The molecule has 0 spiro atoms. The van der Waals surface area contributed by atoms with Crippen molar-refractivity contribution in [3.8, 4) is 5.75 Å². The highest BCUT2D eigenvalue weighted by Crippen LogP contribution is 2.19. The molecule has 1 aromatic heterocycles. The molecule has 96 valence electrons. The summed E-state index contributed by atoms with van der Waals surface area (Å²) in [6.45, 7) is 0. The van der Waals surface area contributed by atoms with Crippen LogP contribution in [0.4, 0.5) is 0 Å². The Morgan fingerprint density at radius 3 is 2.61 bits per heavy atom. The number of methoxy groups -OCH3 is 1. The molecule has 0 bridgehead atoms. The number of nitrogens with two attached hydrogens (primary N) is 1. The number of aryl methyl sites for hydroxylation is 1. The van der Waals surface area contributed by atoms with Gasteiger partial charge in [-0.1, -0.05) is 12.1 Å². The fourth-order valence-corrected chi connectivity index (χ4v) is 1.89. The summed E-state index contributed by atoms with van der Waals surface area (Å²) in [6, 6.07) is 8.05. The molecule has 0 fully saturated rings. The van der Waals surface area contributed by atoms with E-state index in [-0.39, 0.29) is 6.04 Å². The van der Waals surface area contributed by atoms with Crippen molar-refractivity contribution >= 4 is 0 Å². The van der Waals surface area contributed by atoms with E-state index in [1.54, 1.807) is 11.8 Å². The Bertz CT molecular complexity index is 492. The number of benzene rings is 1. The molecule has 1 heterocycles. The Labute approximate surface area is 107 Å². The van der Waals surface area contributed by atoms with Crippen LogP contribution in [0.2, 0.25) is 0 Å². The van der Waals surface area contributed by atoms with Gasteiger partial charge in [0.05, 0.1) is 19.3 Å². The van der Waals surface area contributed by atoms with Gasteiger partial charge < -0.3 is 4.74 Å². The molecule has 2 aromatic rings. The summed E-state index contributed by atoms with van der Waals surface area (Å²) < 4.78 is 6.91. The average molecular weight is 246 g/mol. The van der Waals surface area contributed by atoms with Crippen molar-refractivity contribution in [2.45, 2.75) is 12.5 Å². The predicted octanol–water partition coefficient (Wildman–Crippen LogP) is 1.18. The molecule has 18 heavy (non-hydrogen) atoms. The summed E-state index contributed by atoms with van der Waals surface area (Å²) in [5.74, 6) is 6.46. The zero-order chi connectivity index (χ0) is 13.0. The zero-order valence-corrected chi connectivity index (χ0v) is 10.6. The van der Waals surface area contributed by atoms with Crippen LogP contribution in [0.25, 0.3) is 0 Å². The number of ether oxygens (including phenoxy) is 1. The van der Waals surface area contributed by atoms with Crippen molar-refractivity contribution in [1.29, 1.82) is 0 Å². The van der Waals surface area contributed by atoms with Crippen LogP contribution in [0.1, 0.15) is 17.2 Å². The molecule has 0 aliphatic carbocycles. The number of hydrazine groups is 1. The summed E-state index contributed by atoms with van der Waals surface area (Å²) in [7, 11) is 3.55. The minimum atomic E-state index is 0.0621. The first-order valence-corrected chi connectivity index (χ1v) is 5.80. The number of hydrogen-bond acceptors (Lipinski definition) is 4. The predicted molar refractivity (Wildman–Crippen MR) is 70.0 cm³/mol. The molecule has 1 aromatic carbocycles. The quantitative estimate of drug-likeness (QED) is 0.614. The fourth-order valence-electron chi connectivity index (χ4n) is 1.89. The normalized spacial score (nSPS) is 12.4. The maximum Gasteiger partial charge on any atom is 0.118 e. The summed E-state index contributed by atoms with van der Waals surface area (Å²) in [4.78, 5) is 0. The topological polar surface area (TPSA) is 65.1 Å². The van der Waals surface area contributed by atoms with Crippen LogP contribution < -0.4 is 16.0 Å². The lowest BCUT2D eigenvalue weighted by atomic mass is 10.0. The molecular weight excluding hydrogens is 228 g/mol. The third kappa shape index (κ3) is 2.88. The summed E-state index contributed by atoms with van der Waals surface area (Å²) in [5.41, 5.74) is 5.10. The Morgan fingerprint density at radius 2 is 2.11 bits per heavy atom. The second kappa shape index (κ2) is 5.66. The smallest absolute Gasteiger partial charge is 0.118 e. The van der Waals surface area contributed by atoms with Gasteiger partial charge in [-0.25, -0.2) is 0 Å². The van der Waals surface area contributed by atoms with Gasteiger partial charge in [-0.2, -0.15) is 5.10 Å². The van der Waals surface area contributed by atoms with Crippen LogP contribution in [-0.2, 0) is 13.5 Å². The Hall–Kier alpha value is -1.85. The van der Waals surface area contributed by atoms with Gasteiger partial charge in [0, 0.05) is 18.8 Å². The van der Waals surface area contributed by atoms with Crippen molar-refractivity contribution in [2.75, 3.05) is 7.11 Å². The van der Waals surface area contributed by atoms with Crippen molar-refractivity contribution in [2.24, 2.45) is 12.9 Å². The van der Waals surface area contributed by atoms with E-state index in [4.69, 9.17) is 10.6 Å². The lowest BCUT2D eigenvalue weighted by Crippen LogP contribution is -2.29. The van der Waals surface area contributed by atoms with Crippen LogP contribution >= 0.6 is 0 Å². The van der Waals surface area contributed by atoms with Gasteiger partial charge in [0.15, 0.2) is 0 Å². The van der Waals surface area contributed by atoms with Crippen molar-refractivity contribution in [3.63, 3.8) is 0 Å². The lowest BCUT2D eigenvalue weighted by Gasteiger charge is -2.14. The monoisotopic (exact) mass is 246 g/mol. The number of hydrogen-bond donors (Lipinski definition) is 2. The molecule has 0 radical (unpaired) electrons. The van der Waals surface area contributed by atoms with Crippen LogP contribution in [0.5, 0.6) is 5.75 Å². The molecule has 2 rings (SSSR count). The van der Waals surface area contributed by atoms with E-state index in [0.717, 1.165) is 17.7 Å². The molecule has 5 heteroatoms. The molecule has 0 saturated carbocycles. The van der Waals surface area contributed by atoms with Gasteiger partial charge in [0.1, 0.15) is 5.75 Å². The molecule has 0 aliphatic heterocycles. The first kappa shape index (κ1) is 12.6. The van der Waals surface area contributed by atoms with Crippen molar-refractivity contribution in [1.82, 2.24) is 15.2 Å². The molecule has 1 unspecified atom stereocenters. The molecule has 1 atom stereocenters. The molecule has 0 aliphatic rings. The third-order valence-corrected chi connectivity index (χ3v) is 2.93. The Morgan fingerprint density at radius 1 is 1.39 bits per heavy atom. The van der Waals surface area contributed by atoms with Crippen LogP contribution in [0, 0.1) is 0 Å². The number of aromatic nitrogens is 2. The minimum Gasteiger partial charge on any atom is -0.497 e. The summed E-state index contributed by atoms with van der Waals surface area (Å²) in [6.07, 6.45) is 4.61. The third-order valence-electron chi connectivity index (χ3n) is 2.93. The maximum atomic E-state index is 5.61. The van der Waals surface area contributed by atoms with E-state index in [2.05, 4.69) is 10.5 Å². The molecule has 0 saturated heterocycles. The first-order chi connectivity index (χ1) is 8.72. The Balaban J connectivity index is 2.10. The van der Waals surface area contributed by atoms with Crippen LogP contribution in [-0.4, -0.2) is 16.9 Å². The molecule has 3 N–H and O–H groups in total. The van der Waals surface area contributed by atoms with Crippen molar-refractivity contribution in [3.05, 3.63) is 47.8 Å². The van der Waals surface area contributed by atoms with Gasteiger partial charge in [-0.3, -0.25) is 16.0 Å². The zero-order valence-electron chi connectivity index (χ0n) is 10.6. The average Bonchev–Trinajstić information content (AvgIpc) is 2.83. The van der Waals surface area contributed by atoms with Gasteiger partial charge in [0.2, 0.25) is 0 Å². The van der Waals surface area contributed by atoms with Gasteiger partial charge >= 0.3 is 0 Å².